The van der Waals surface area contributed by atoms with E-state index in [2.05, 4.69) is 25.7 Å². The number of halogens is 1. The van der Waals surface area contributed by atoms with Crippen LogP contribution in [0.2, 0.25) is 5.02 Å². The van der Waals surface area contributed by atoms with E-state index in [9.17, 15) is 4.79 Å². The number of hydrogen-bond acceptors (Lipinski definition) is 6. The van der Waals surface area contributed by atoms with Crippen LogP contribution in [-0.2, 0) is 4.79 Å². The summed E-state index contributed by atoms with van der Waals surface area (Å²) in [6, 6.07) is 16.5. The Morgan fingerprint density at radius 2 is 2.03 bits per heavy atom. The van der Waals surface area contributed by atoms with Crippen molar-refractivity contribution in [1.29, 1.82) is 0 Å². The normalized spacial score (nSPS) is 11.1. The van der Waals surface area contributed by atoms with Crippen LogP contribution in [-0.4, -0.2) is 36.6 Å². The largest absolute Gasteiger partial charge is 0.461 e. The molecule has 0 unspecified atom stereocenters. The molecule has 8 nitrogen and oxygen atoms in total. The highest BCUT2D eigenvalue weighted by molar-refractivity contribution is 7.99. The predicted octanol–water partition coefficient (Wildman–Crippen LogP) is 4.79. The second kappa shape index (κ2) is 8.29. The van der Waals surface area contributed by atoms with E-state index < -0.39 is 0 Å². The van der Waals surface area contributed by atoms with E-state index in [1.54, 1.807) is 30.7 Å². The number of carbonyl (C=O) groups excluding carboxylic acids is 1. The van der Waals surface area contributed by atoms with Gasteiger partial charge in [0.2, 0.25) is 11.7 Å². The first-order valence-corrected chi connectivity index (χ1v) is 10.6. The van der Waals surface area contributed by atoms with E-state index in [-0.39, 0.29) is 11.7 Å². The first-order chi connectivity index (χ1) is 15.2. The number of benzene rings is 2. The number of nitrogens with one attached hydrogen (secondary N) is 2. The van der Waals surface area contributed by atoms with Gasteiger partial charge >= 0.3 is 0 Å². The molecule has 10 heteroatoms. The Bertz CT molecular complexity index is 1340. The van der Waals surface area contributed by atoms with Gasteiger partial charge in [0, 0.05) is 21.8 Å². The fraction of sp³-hybridized carbons (Fsp3) is 0.0476. The Labute approximate surface area is 185 Å². The quantitative estimate of drug-likeness (QED) is 0.361. The van der Waals surface area contributed by atoms with Gasteiger partial charge < -0.3 is 9.73 Å². The van der Waals surface area contributed by atoms with Crippen molar-refractivity contribution < 1.29 is 9.21 Å². The third-order valence-electron chi connectivity index (χ3n) is 4.52. The average molecular weight is 451 g/mol. The number of amides is 1. The van der Waals surface area contributed by atoms with Gasteiger partial charge in [-0.3, -0.25) is 14.5 Å². The fourth-order valence-electron chi connectivity index (χ4n) is 3.09. The molecule has 31 heavy (non-hydrogen) atoms. The van der Waals surface area contributed by atoms with Crippen molar-refractivity contribution in [2.24, 2.45) is 0 Å². The molecule has 1 amide bonds. The highest BCUT2D eigenvalue weighted by atomic mass is 35.5. The first kappa shape index (κ1) is 19.4. The molecule has 3 aromatic heterocycles. The molecular formula is C21H15ClN6O2S. The van der Waals surface area contributed by atoms with E-state index in [1.165, 1.54) is 11.8 Å². The molecule has 5 aromatic rings. The minimum Gasteiger partial charge on any atom is -0.461 e. The number of aromatic amines is 1. The van der Waals surface area contributed by atoms with Gasteiger partial charge in [-0.1, -0.05) is 23.4 Å². The summed E-state index contributed by atoms with van der Waals surface area (Å²) in [6.45, 7) is 0. The van der Waals surface area contributed by atoms with Crippen LogP contribution < -0.4 is 5.32 Å². The Balaban J connectivity index is 1.37. The topological polar surface area (TPSA) is 102 Å². The molecule has 0 fully saturated rings. The molecule has 0 saturated carbocycles. The third kappa shape index (κ3) is 4.05. The van der Waals surface area contributed by atoms with Gasteiger partial charge in [-0.05, 0) is 54.6 Å². The highest BCUT2D eigenvalue weighted by Crippen LogP contribution is 2.29. The Kier molecular flexibility index (Phi) is 5.19. The molecule has 0 bridgehead atoms. The Hall–Kier alpha value is -3.56. The number of hydrogen-bond donors (Lipinski definition) is 2. The zero-order valence-corrected chi connectivity index (χ0v) is 17.5. The van der Waals surface area contributed by atoms with Gasteiger partial charge in [0.15, 0.2) is 10.9 Å². The highest BCUT2D eigenvalue weighted by Gasteiger charge is 2.19. The monoisotopic (exact) mass is 450 g/mol. The SMILES string of the molecule is O=C(CSc1nnc(-c2ccco2)n1-c1ccc(Cl)cc1)Nc1ccc2cn[nH]c2c1. The smallest absolute Gasteiger partial charge is 0.234 e. The van der Waals surface area contributed by atoms with Crippen molar-refractivity contribution in [2.45, 2.75) is 5.16 Å². The predicted molar refractivity (Wildman–Crippen MR) is 120 cm³/mol. The standard InChI is InChI=1S/C21H15ClN6O2S/c22-14-4-7-16(8-5-14)28-20(18-2-1-9-30-18)26-27-21(28)31-12-19(29)24-15-6-3-13-11-23-25-17(13)10-15/h1-11H,12H2,(H,23,25)(H,24,29). The summed E-state index contributed by atoms with van der Waals surface area (Å²) in [5.74, 6) is 1.12. The lowest BCUT2D eigenvalue weighted by atomic mass is 10.2. The molecule has 0 spiro atoms. The van der Waals surface area contributed by atoms with Gasteiger partial charge in [-0.15, -0.1) is 10.2 Å². The summed E-state index contributed by atoms with van der Waals surface area (Å²) in [4.78, 5) is 12.5. The lowest BCUT2D eigenvalue weighted by molar-refractivity contribution is -0.113. The minimum atomic E-state index is -0.158. The molecule has 154 valence electrons. The first-order valence-electron chi connectivity index (χ1n) is 9.28. The maximum atomic E-state index is 12.5. The molecule has 5 rings (SSSR count). The van der Waals surface area contributed by atoms with Crippen LogP contribution in [0.5, 0.6) is 0 Å². The van der Waals surface area contributed by atoms with Crippen molar-refractivity contribution in [3.05, 3.63) is 72.1 Å². The van der Waals surface area contributed by atoms with E-state index in [0.29, 0.717) is 27.5 Å². The summed E-state index contributed by atoms with van der Waals surface area (Å²) in [6.07, 6.45) is 3.31. The number of furan rings is 1. The zero-order chi connectivity index (χ0) is 21.2. The maximum Gasteiger partial charge on any atom is 0.234 e. The van der Waals surface area contributed by atoms with Gasteiger partial charge in [-0.25, -0.2) is 0 Å². The number of rotatable bonds is 6. The van der Waals surface area contributed by atoms with Crippen LogP contribution in [0.3, 0.4) is 0 Å². The van der Waals surface area contributed by atoms with Crippen LogP contribution in [0, 0.1) is 0 Å². The maximum absolute atomic E-state index is 12.5. The van der Waals surface area contributed by atoms with Crippen LogP contribution >= 0.6 is 23.4 Å². The van der Waals surface area contributed by atoms with Crippen molar-refractivity contribution >= 4 is 45.9 Å². The van der Waals surface area contributed by atoms with Crippen LogP contribution in [0.4, 0.5) is 5.69 Å². The number of H-pyrrole nitrogens is 1. The number of aromatic nitrogens is 5. The van der Waals surface area contributed by atoms with Gasteiger partial charge in [0.25, 0.3) is 0 Å². The number of carbonyl (C=O) groups is 1. The number of anilines is 1. The van der Waals surface area contributed by atoms with Gasteiger partial charge in [0.1, 0.15) is 0 Å². The molecule has 0 radical (unpaired) electrons. The fourth-order valence-corrected chi connectivity index (χ4v) is 3.97. The van der Waals surface area contributed by atoms with E-state index in [1.807, 2.05) is 41.0 Å². The average Bonchev–Trinajstić information content (AvgIpc) is 3.52. The van der Waals surface area contributed by atoms with Crippen molar-refractivity contribution in [2.75, 3.05) is 11.1 Å². The van der Waals surface area contributed by atoms with Crippen molar-refractivity contribution in [3.63, 3.8) is 0 Å². The molecule has 0 aliphatic heterocycles. The van der Waals surface area contributed by atoms with Crippen LogP contribution in [0.15, 0.2) is 76.6 Å². The molecule has 0 saturated heterocycles. The second-order valence-electron chi connectivity index (χ2n) is 6.60. The molecule has 0 aliphatic rings. The van der Waals surface area contributed by atoms with Crippen molar-refractivity contribution in [3.8, 4) is 17.3 Å². The number of thioether (sulfide) groups is 1. The Morgan fingerprint density at radius 3 is 2.84 bits per heavy atom. The lowest BCUT2D eigenvalue weighted by Crippen LogP contribution is -2.14. The minimum absolute atomic E-state index is 0.158. The summed E-state index contributed by atoms with van der Waals surface area (Å²) in [5.41, 5.74) is 2.36. The summed E-state index contributed by atoms with van der Waals surface area (Å²) in [7, 11) is 0. The van der Waals surface area contributed by atoms with Crippen LogP contribution in [0.25, 0.3) is 28.2 Å². The van der Waals surface area contributed by atoms with E-state index in [4.69, 9.17) is 16.0 Å². The van der Waals surface area contributed by atoms with Gasteiger partial charge in [-0.2, -0.15) is 5.10 Å². The van der Waals surface area contributed by atoms with E-state index in [0.717, 1.165) is 16.6 Å². The summed E-state index contributed by atoms with van der Waals surface area (Å²) < 4.78 is 7.34. The molecule has 0 aliphatic carbocycles. The zero-order valence-electron chi connectivity index (χ0n) is 15.9. The van der Waals surface area contributed by atoms with Crippen LogP contribution in [0.1, 0.15) is 0 Å². The molecule has 0 atom stereocenters. The van der Waals surface area contributed by atoms with Gasteiger partial charge in [0.05, 0.1) is 23.7 Å². The third-order valence-corrected chi connectivity index (χ3v) is 5.70. The summed E-state index contributed by atoms with van der Waals surface area (Å²) in [5, 5.41) is 20.5. The second-order valence-corrected chi connectivity index (χ2v) is 7.98. The molecular weight excluding hydrogens is 436 g/mol. The van der Waals surface area contributed by atoms with Crippen molar-refractivity contribution in [1.82, 2.24) is 25.0 Å². The number of fused-ring (bicyclic) bond motifs is 1. The molecule has 2 N–H and O–H groups in total. The van der Waals surface area contributed by atoms with E-state index >= 15 is 0 Å². The lowest BCUT2D eigenvalue weighted by Gasteiger charge is -2.09. The molecule has 2 aromatic carbocycles. The summed E-state index contributed by atoms with van der Waals surface area (Å²) >= 11 is 7.32. The number of nitrogens with zero attached hydrogens (tertiary/aromatic N) is 4. The Morgan fingerprint density at radius 1 is 1.16 bits per heavy atom. The molecule has 3 heterocycles.